The number of hydrogen-bond acceptors (Lipinski definition) is 4. The highest BCUT2D eigenvalue weighted by atomic mass is 16.2. The van der Waals surface area contributed by atoms with Gasteiger partial charge in [-0.25, -0.2) is 9.97 Å². The number of H-pyrrole nitrogens is 1. The van der Waals surface area contributed by atoms with Crippen molar-refractivity contribution in [1.82, 2.24) is 19.9 Å². The second kappa shape index (κ2) is 8.42. The molecule has 0 bridgehead atoms. The van der Waals surface area contributed by atoms with E-state index in [0.29, 0.717) is 17.6 Å². The zero-order chi connectivity index (χ0) is 19.3. The van der Waals surface area contributed by atoms with E-state index in [9.17, 15) is 4.79 Å². The summed E-state index contributed by atoms with van der Waals surface area (Å²) in [4.78, 5) is 26.7. The molecule has 2 aromatic heterocycles. The van der Waals surface area contributed by atoms with E-state index in [-0.39, 0.29) is 5.91 Å². The fourth-order valence-corrected chi connectivity index (χ4v) is 4.07. The van der Waals surface area contributed by atoms with Crippen molar-refractivity contribution in [2.75, 3.05) is 18.4 Å². The number of fused-ring (bicyclic) bond motifs is 1. The fraction of sp³-hybridized carbons (Fsp3) is 0.409. The molecular weight excluding hydrogens is 350 g/mol. The van der Waals surface area contributed by atoms with Crippen LogP contribution in [0.4, 0.5) is 5.82 Å². The van der Waals surface area contributed by atoms with Crippen LogP contribution < -0.4 is 5.32 Å². The lowest BCUT2D eigenvalue weighted by atomic mass is 9.99. The third-order valence-corrected chi connectivity index (χ3v) is 5.62. The minimum atomic E-state index is 0.0219. The van der Waals surface area contributed by atoms with Crippen molar-refractivity contribution in [1.29, 1.82) is 0 Å². The number of hydrogen-bond donors (Lipinski definition) is 2. The first-order valence-electron chi connectivity index (χ1n) is 10.2. The number of aromatic amines is 1. The molecule has 1 aromatic carbocycles. The monoisotopic (exact) mass is 377 g/mol. The second-order valence-electron chi connectivity index (χ2n) is 7.38. The molecule has 3 heterocycles. The quantitative estimate of drug-likeness (QED) is 0.680. The number of amides is 1. The van der Waals surface area contributed by atoms with Gasteiger partial charge in [0.25, 0.3) is 5.91 Å². The van der Waals surface area contributed by atoms with Gasteiger partial charge in [-0.3, -0.25) is 4.79 Å². The van der Waals surface area contributed by atoms with Crippen LogP contribution in [0, 0.1) is 0 Å². The van der Waals surface area contributed by atoms with E-state index in [1.54, 1.807) is 6.07 Å². The lowest BCUT2D eigenvalue weighted by Crippen LogP contribution is -2.43. The third-order valence-electron chi connectivity index (χ3n) is 5.62. The van der Waals surface area contributed by atoms with E-state index in [2.05, 4.69) is 51.6 Å². The van der Waals surface area contributed by atoms with Crippen LogP contribution in [0.3, 0.4) is 0 Å². The molecule has 2 N–H and O–H groups in total. The van der Waals surface area contributed by atoms with Gasteiger partial charge in [0.15, 0.2) is 0 Å². The first kappa shape index (κ1) is 18.5. The van der Waals surface area contributed by atoms with Crippen molar-refractivity contribution in [2.24, 2.45) is 0 Å². The Morgan fingerprint density at radius 1 is 1.29 bits per heavy atom. The molecule has 4 rings (SSSR count). The molecule has 6 nitrogen and oxygen atoms in total. The van der Waals surface area contributed by atoms with Crippen molar-refractivity contribution >= 4 is 22.6 Å². The number of carbonyl (C=O) groups is 1. The Hall–Kier alpha value is -2.89. The Bertz CT molecular complexity index is 951. The van der Waals surface area contributed by atoms with E-state index in [0.717, 1.165) is 44.3 Å². The Kier molecular flexibility index (Phi) is 5.55. The number of nitrogens with zero attached hydrogens (tertiary/aromatic N) is 3. The number of rotatable bonds is 6. The van der Waals surface area contributed by atoms with Crippen LogP contribution in [-0.4, -0.2) is 44.9 Å². The molecule has 1 atom stereocenters. The lowest BCUT2D eigenvalue weighted by Gasteiger charge is -2.35. The van der Waals surface area contributed by atoms with Gasteiger partial charge in [0, 0.05) is 42.3 Å². The van der Waals surface area contributed by atoms with Crippen LogP contribution >= 0.6 is 0 Å². The first-order chi connectivity index (χ1) is 13.8. The standard InChI is InChI=1S/C22H27N5O/c1-2-17-7-5-6-12-27(17)22(28)20-13-21(26-15-25-20)23-11-10-16-14-24-19-9-4-3-8-18(16)19/h3-4,8-9,13-15,17,24H,2,5-7,10-12H2,1H3,(H,23,25,26). The molecule has 1 fully saturated rings. The van der Waals surface area contributed by atoms with Crippen molar-refractivity contribution in [3.8, 4) is 0 Å². The number of benzene rings is 1. The molecule has 0 aliphatic carbocycles. The van der Waals surface area contributed by atoms with Crippen LogP contribution in [0.25, 0.3) is 10.9 Å². The zero-order valence-electron chi connectivity index (χ0n) is 16.3. The minimum Gasteiger partial charge on any atom is -0.370 e. The molecule has 1 aliphatic heterocycles. The fourth-order valence-electron chi connectivity index (χ4n) is 4.07. The number of anilines is 1. The third kappa shape index (κ3) is 3.86. The maximum atomic E-state index is 12.9. The highest BCUT2D eigenvalue weighted by Crippen LogP contribution is 2.22. The van der Waals surface area contributed by atoms with Crippen LogP contribution in [-0.2, 0) is 6.42 Å². The van der Waals surface area contributed by atoms with Gasteiger partial charge in [-0.2, -0.15) is 0 Å². The van der Waals surface area contributed by atoms with Crippen LogP contribution in [0.1, 0.15) is 48.7 Å². The SMILES string of the molecule is CCC1CCCCN1C(=O)c1cc(NCCc2c[nH]c3ccccc23)ncn1. The summed E-state index contributed by atoms with van der Waals surface area (Å²) in [7, 11) is 0. The van der Waals surface area contributed by atoms with Crippen molar-refractivity contribution in [3.05, 3.63) is 54.1 Å². The van der Waals surface area contributed by atoms with E-state index in [1.165, 1.54) is 23.7 Å². The van der Waals surface area contributed by atoms with Crippen molar-refractivity contribution in [2.45, 2.75) is 45.1 Å². The van der Waals surface area contributed by atoms with Crippen LogP contribution in [0.15, 0.2) is 42.9 Å². The van der Waals surface area contributed by atoms with Gasteiger partial charge in [0.05, 0.1) is 0 Å². The maximum absolute atomic E-state index is 12.9. The zero-order valence-corrected chi connectivity index (χ0v) is 16.3. The van der Waals surface area contributed by atoms with Crippen LogP contribution in [0.2, 0.25) is 0 Å². The molecule has 3 aromatic rings. The summed E-state index contributed by atoms with van der Waals surface area (Å²) >= 11 is 0. The number of piperidine rings is 1. The molecule has 0 spiro atoms. The Balaban J connectivity index is 1.40. The molecule has 146 valence electrons. The van der Waals surface area contributed by atoms with E-state index < -0.39 is 0 Å². The van der Waals surface area contributed by atoms with Crippen molar-refractivity contribution in [3.63, 3.8) is 0 Å². The minimum absolute atomic E-state index is 0.0219. The average molecular weight is 377 g/mol. The summed E-state index contributed by atoms with van der Waals surface area (Å²) in [6.45, 7) is 3.71. The highest BCUT2D eigenvalue weighted by molar-refractivity contribution is 5.93. The number of para-hydroxylation sites is 1. The van der Waals surface area contributed by atoms with Crippen molar-refractivity contribution < 1.29 is 4.79 Å². The smallest absolute Gasteiger partial charge is 0.272 e. The predicted molar refractivity (Wildman–Crippen MR) is 111 cm³/mol. The predicted octanol–water partition coefficient (Wildman–Crippen LogP) is 4.02. The lowest BCUT2D eigenvalue weighted by molar-refractivity contribution is 0.0602. The molecule has 6 heteroatoms. The van der Waals surface area contributed by atoms with E-state index >= 15 is 0 Å². The molecule has 0 saturated carbocycles. The van der Waals surface area contributed by atoms with Gasteiger partial charge in [0.1, 0.15) is 17.8 Å². The molecule has 0 radical (unpaired) electrons. The Labute approximate surface area is 165 Å². The summed E-state index contributed by atoms with van der Waals surface area (Å²) in [5, 5.41) is 4.58. The number of aromatic nitrogens is 3. The number of likely N-dealkylation sites (tertiary alicyclic amines) is 1. The Morgan fingerprint density at radius 2 is 2.18 bits per heavy atom. The maximum Gasteiger partial charge on any atom is 0.272 e. The van der Waals surface area contributed by atoms with Gasteiger partial charge in [0.2, 0.25) is 0 Å². The molecular formula is C22H27N5O. The molecule has 1 saturated heterocycles. The topological polar surface area (TPSA) is 73.9 Å². The van der Waals surface area contributed by atoms with Gasteiger partial charge >= 0.3 is 0 Å². The molecule has 28 heavy (non-hydrogen) atoms. The number of carbonyl (C=O) groups excluding carboxylic acids is 1. The number of nitrogens with one attached hydrogen (secondary N) is 2. The second-order valence-corrected chi connectivity index (χ2v) is 7.38. The summed E-state index contributed by atoms with van der Waals surface area (Å²) in [5.41, 5.74) is 2.90. The summed E-state index contributed by atoms with van der Waals surface area (Å²) in [6.07, 6.45) is 8.77. The molecule has 1 amide bonds. The van der Waals surface area contributed by atoms with Crippen LogP contribution in [0.5, 0.6) is 0 Å². The molecule has 1 aliphatic rings. The Morgan fingerprint density at radius 3 is 3.07 bits per heavy atom. The van der Waals surface area contributed by atoms with E-state index in [1.807, 2.05) is 11.0 Å². The van der Waals surface area contributed by atoms with Gasteiger partial charge in [-0.1, -0.05) is 25.1 Å². The summed E-state index contributed by atoms with van der Waals surface area (Å²) in [6, 6.07) is 10.4. The largest absolute Gasteiger partial charge is 0.370 e. The van der Waals surface area contributed by atoms with Gasteiger partial charge in [-0.05, 0) is 43.7 Å². The van der Waals surface area contributed by atoms with E-state index in [4.69, 9.17) is 0 Å². The average Bonchev–Trinajstić information content (AvgIpc) is 3.16. The summed E-state index contributed by atoms with van der Waals surface area (Å²) < 4.78 is 0. The first-order valence-corrected chi connectivity index (χ1v) is 10.2. The molecule has 1 unspecified atom stereocenters. The highest BCUT2D eigenvalue weighted by Gasteiger charge is 2.27. The van der Waals surface area contributed by atoms with Gasteiger partial charge < -0.3 is 15.2 Å². The van der Waals surface area contributed by atoms with Gasteiger partial charge in [-0.15, -0.1) is 0 Å². The normalized spacial score (nSPS) is 17.0. The summed E-state index contributed by atoms with van der Waals surface area (Å²) in [5.74, 6) is 0.719.